The maximum absolute atomic E-state index is 12.0. The molecule has 0 saturated heterocycles. The molecule has 1 atom stereocenters. The molecule has 0 aromatic heterocycles. The van der Waals surface area contributed by atoms with E-state index in [9.17, 15) is 4.79 Å². The summed E-state index contributed by atoms with van der Waals surface area (Å²) < 4.78 is 0. The molecule has 0 spiro atoms. The predicted molar refractivity (Wildman–Crippen MR) is 82.1 cm³/mol. The first kappa shape index (κ1) is 13.8. The van der Waals surface area contributed by atoms with Gasteiger partial charge >= 0.3 is 0 Å². The summed E-state index contributed by atoms with van der Waals surface area (Å²) in [6, 6.07) is 17.6. The van der Waals surface area contributed by atoms with Gasteiger partial charge in [-0.2, -0.15) is 0 Å². The van der Waals surface area contributed by atoms with E-state index in [1.54, 1.807) is 0 Å². The first-order chi connectivity index (χ1) is 10.1. The van der Waals surface area contributed by atoms with Gasteiger partial charge in [0.05, 0.1) is 0 Å². The molecule has 1 aliphatic rings. The first-order valence-corrected chi connectivity index (χ1v) is 7.03. The van der Waals surface area contributed by atoms with Crippen LogP contribution < -0.4 is 11.5 Å². The molecule has 2 aromatic rings. The monoisotopic (exact) mass is 281 g/mol. The summed E-state index contributed by atoms with van der Waals surface area (Å²) in [5, 5.41) is 0. The lowest BCUT2D eigenvalue weighted by atomic mass is 9.89. The molecular weight excluding hydrogens is 262 g/mol. The van der Waals surface area contributed by atoms with E-state index in [0.717, 1.165) is 18.7 Å². The number of amides is 1. The van der Waals surface area contributed by atoms with Gasteiger partial charge in [0.2, 0.25) is 5.91 Å². The van der Waals surface area contributed by atoms with E-state index >= 15 is 0 Å². The van der Waals surface area contributed by atoms with E-state index in [-0.39, 0.29) is 0 Å². The van der Waals surface area contributed by atoms with Crippen LogP contribution in [0.25, 0.3) is 0 Å². The molecule has 4 N–H and O–H groups in total. The Morgan fingerprint density at radius 1 is 1.00 bits per heavy atom. The van der Waals surface area contributed by atoms with Crippen molar-refractivity contribution in [3.8, 4) is 0 Å². The molecule has 0 bridgehead atoms. The summed E-state index contributed by atoms with van der Waals surface area (Å²) >= 11 is 0. The lowest BCUT2D eigenvalue weighted by Gasteiger charge is -2.31. The molecule has 4 nitrogen and oxygen atoms in total. The second-order valence-corrected chi connectivity index (χ2v) is 5.62. The lowest BCUT2D eigenvalue weighted by Crippen LogP contribution is -2.55. The average molecular weight is 281 g/mol. The maximum atomic E-state index is 12.0. The first-order valence-electron chi connectivity index (χ1n) is 7.03. The number of nitrogens with two attached hydrogens (primary N) is 2. The van der Waals surface area contributed by atoms with Crippen molar-refractivity contribution in [2.45, 2.75) is 18.6 Å². The molecule has 1 unspecified atom stereocenters. The summed E-state index contributed by atoms with van der Waals surface area (Å²) in [6.07, 6.45) is 0. The van der Waals surface area contributed by atoms with Crippen molar-refractivity contribution in [2.75, 3.05) is 6.54 Å². The van der Waals surface area contributed by atoms with Crippen LogP contribution in [0.4, 0.5) is 0 Å². The van der Waals surface area contributed by atoms with E-state index in [2.05, 4.69) is 17.0 Å². The third kappa shape index (κ3) is 2.55. The highest BCUT2D eigenvalue weighted by atomic mass is 16.1. The molecule has 108 valence electrons. The molecular formula is C17H19N3O. The van der Waals surface area contributed by atoms with Crippen LogP contribution in [0.2, 0.25) is 0 Å². The van der Waals surface area contributed by atoms with E-state index < -0.39 is 11.4 Å². The number of benzene rings is 2. The van der Waals surface area contributed by atoms with Gasteiger partial charge in [0.15, 0.2) is 0 Å². The van der Waals surface area contributed by atoms with Crippen LogP contribution in [0.1, 0.15) is 16.7 Å². The third-order valence-corrected chi connectivity index (χ3v) is 4.11. The fourth-order valence-electron chi connectivity index (χ4n) is 2.92. The number of carbonyl (C=O) groups is 1. The van der Waals surface area contributed by atoms with Gasteiger partial charge < -0.3 is 11.5 Å². The largest absolute Gasteiger partial charge is 0.368 e. The van der Waals surface area contributed by atoms with Gasteiger partial charge in [-0.3, -0.25) is 9.69 Å². The van der Waals surface area contributed by atoms with E-state index in [4.69, 9.17) is 11.5 Å². The quantitative estimate of drug-likeness (QED) is 0.888. The van der Waals surface area contributed by atoms with Gasteiger partial charge in [0, 0.05) is 19.6 Å². The van der Waals surface area contributed by atoms with Gasteiger partial charge in [-0.25, -0.2) is 0 Å². The predicted octanol–water partition coefficient (Wildman–Crippen LogP) is 1.34. The summed E-state index contributed by atoms with van der Waals surface area (Å²) in [4.78, 5) is 14.1. The second kappa shape index (κ2) is 5.31. The number of hydrogen-bond donors (Lipinski definition) is 2. The van der Waals surface area contributed by atoms with Gasteiger partial charge in [-0.15, -0.1) is 0 Å². The second-order valence-electron chi connectivity index (χ2n) is 5.62. The van der Waals surface area contributed by atoms with Crippen LogP contribution >= 0.6 is 0 Å². The van der Waals surface area contributed by atoms with Gasteiger partial charge in [0.1, 0.15) is 5.54 Å². The third-order valence-electron chi connectivity index (χ3n) is 4.11. The molecule has 0 fully saturated rings. The molecule has 1 heterocycles. The number of rotatable bonds is 4. The van der Waals surface area contributed by atoms with Crippen molar-refractivity contribution in [3.63, 3.8) is 0 Å². The molecule has 1 amide bonds. The number of carbonyl (C=O) groups excluding carboxylic acids is 1. The topological polar surface area (TPSA) is 72.3 Å². The van der Waals surface area contributed by atoms with Gasteiger partial charge in [-0.1, -0.05) is 54.6 Å². The van der Waals surface area contributed by atoms with E-state index in [1.807, 2.05) is 42.5 Å². The van der Waals surface area contributed by atoms with Crippen LogP contribution in [-0.4, -0.2) is 17.4 Å². The normalized spacial score (nSPS) is 17.2. The highest BCUT2D eigenvalue weighted by Gasteiger charge is 2.37. The van der Waals surface area contributed by atoms with Crippen LogP contribution in [0.5, 0.6) is 0 Å². The molecule has 21 heavy (non-hydrogen) atoms. The molecule has 1 aliphatic heterocycles. The van der Waals surface area contributed by atoms with Crippen molar-refractivity contribution in [3.05, 3.63) is 71.3 Å². The zero-order chi connectivity index (χ0) is 14.9. The number of primary amides is 1. The molecule has 0 aliphatic carbocycles. The molecule has 0 saturated carbocycles. The standard InChI is InChI=1S/C17H19N3O/c18-16(21)17(19,15-8-2-1-3-9-15)12-20-10-13-6-4-5-7-14(13)11-20/h1-9H,10-12,19H2,(H2,18,21). The summed E-state index contributed by atoms with van der Waals surface area (Å²) in [6.45, 7) is 2.02. The number of nitrogens with zero attached hydrogens (tertiary/aromatic N) is 1. The van der Waals surface area contributed by atoms with Crippen LogP contribution in [0, 0.1) is 0 Å². The fourth-order valence-corrected chi connectivity index (χ4v) is 2.92. The fraction of sp³-hybridized carbons (Fsp3) is 0.235. The molecule has 3 rings (SSSR count). The lowest BCUT2D eigenvalue weighted by molar-refractivity contribution is -0.124. The van der Waals surface area contributed by atoms with Crippen molar-refractivity contribution >= 4 is 5.91 Å². The Balaban J connectivity index is 1.84. The van der Waals surface area contributed by atoms with Gasteiger partial charge in [-0.05, 0) is 16.7 Å². The van der Waals surface area contributed by atoms with Crippen LogP contribution in [-0.2, 0) is 23.4 Å². The van der Waals surface area contributed by atoms with Crippen LogP contribution in [0.15, 0.2) is 54.6 Å². The van der Waals surface area contributed by atoms with Crippen molar-refractivity contribution < 1.29 is 4.79 Å². The summed E-state index contributed by atoms with van der Waals surface area (Å²) in [5.74, 6) is -0.496. The Bertz CT molecular complexity index is 631. The Hall–Kier alpha value is -2.17. The average Bonchev–Trinajstić information content (AvgIpc) is 2.89. The van der Waals surface area contributed by atoms with Crippen molar-refractivity contribution in [1.82, 2.24) is 4.90 Å². The highest BCUT2D eigenvalue weighted by molar-refractivity contribution is 5.86. The minimum atomic E-state index is -1.16. The minimum absolute atomic E-state index is 0.418. The number of fused-ring (bicyclic) bond motifs is 1. The van der Waals surface area contributed by atoms with Gasteiger partial charge in [0.25, 0.3) is 0 Å². The minimum Gasteiger partial charge on any atom is -0.368 e. The number of hydrogen-bond acceptors (Lipinski definition) is 3. The SMILES string of the molecule is NC(=O)C(N)(CN1Cc2ccccc2C1)c1ccccc1. The van der Waals surface area contributed by atoms with Crippen molar-refractivity contribution in [2.24, 2.45) is 11.5 Å². The molecule has 0 radical (unpaired) electrons. The zero-order valence-corrected chi connectivity index (χ0v) is 11.8. The molecule has 4 heteroatoms. The Morgan fingerprint density at radius 3 is 2.05 bits per heavy atom. The molecule has 2 aromatic carbocycles. The Labute approximate surface area is 124 Å². The van der Waals surface area contributed by atoms with Crippen LogP contribution in [0.3, 0.4) is 0 Å². The summed E-state index contributed by atoms with van der Waals surface area (Å²) in [7, 11) is 0. The smallest absolute Gasteiger partial charge is 0.243 e. The Kier molecular flexibility index (Phi) is 3.49. The van der Waals surface area contributed by atoms with Crippen molar-refractivity contribution in [1.29, 1.82) is 0 Å². The zero-order valence-electron chi connectivity index (χ0n) is 11.8. The summed E-state index contributed by atoms with van der Waals surface area (Å²) in [5.41, 5.74) is 14.1. The maximum Gasteiger partial charge on any atom is 0.243 e. The van der Waals surface area contributed by atoms with E-state index in [1.165, 1.54) is 11.1 Å². The van der Waals surface area contributed by atoms with E-state index in [0.29, 0.717) is 6.54 Å². The highest BCUT2D eigenvalue weighted by Crippen LogP contribution is 2.27. The Morgan fingerprint density at radius 2 is 1.52 bits per heavy atom.